The van der Waals surface area contributed by atoms with Crippen LogP contribution in [0.15, 0.2) is 60.3 Å². The molecule has 0 aliphatic heterocycles. The molecule has 0 atom stereocenters. The number of hydrogen-bond acceptors (Lipinski definition) is 6. The Bertz CT molecular complexity index is 841. The average Bonchev–Trinajstić information content (AvgIpc) is 2.62. The SMILES string of the molecule is COC(=O)/C(=C/C(=O)c1cccc([N+](=O)[O-])c1)Nc1ccc(C)cc1. The number of nitro benzene ring substituents is 1. The Kier molecular flexibility index (Phi) is 5.62. The van der Waals surface area contributed by atoms with Crippen LogP contribution in [0.1, 0.15) is 15.9 Å². The van der Waals surface area contributed by atoms with Crippen molar-refractivity contribution in [2.75, 3.05) is 12.4 Å². The molecule has 0 saturated carbocycles. The van der Waals surface area contributed by atoms with Crippen LogP contribution in [-0.2, 0) is 9.53 Å². The molecule has 0 aliphatic rings. The van der Waals surface area contributed by atoms with Gasteiger partial charge < -0.3 is 10.1 Å². The number of aryl methyl sites for hydroxylation is 1. The standard InChI is InChI=1S/C18H16N2O5/c1-12-6-8-14(9-7-12)19-16(18(22)25-2)11-17(21)13-4-3-5-15(10-13)20(23)24/h3-11,19H,1-2H3/b16-11-. The number of esters is 1. The summed E-state index contributed by atoms with van der Waals surface area (Å²) < 4.78 is 4.68. The second kappa shape index (κ2) is 7.87. The van der Waals surface area contributed by atoms with Crippen molar-refractivity contribution in [2.24, 2.45) is 0 Å². The van der Waals surface area contributed by atoms with E-state index in [0.717, 1.165) is 17.7 Å². The van der Waals surface area contributed by atoms with Gasteiger partial charge in [0, 0.05) is 29.5 Å². The van der Waals surface area contributed by atoms with E-state index in [1.165, 1.54) is 25.3 Å². The Hall–Kier alpha value is -3.48. The Morgan fingerprint density at radius 3 is 2.44 bits per heavy atom. The van der Waals surface area contributed by atoms with Gasteiger partial charge in [0.2, 0.25) is 0 Å². The zero-order chi connectivity index (χ0) is 18.4. The first kappa shape index (κ1) is 17.9. The van der Waals surface area contributed by atoms with E-state index < -0.39 is 16.7 Å². The second-order valence-electron chi connectivity index (χ2n) is 5.21. The van der Waals surface area contributed by atoms with Crippen molar-refractivity contribution in [2.45, 2.75) is 6.92 Å². The topological polar surface area (TPSA) is 98.5 Å². The van der Waals surface area contributed by atoms with Crippen molar-refractivity contribution >= 4 is 23.1 Å². The van der Waals surface area contributed by atoms with Gasteiger partial charge in [-0.3, -0.25) is 14.9 Å². The number of ether oxygens (including phenoxy) is 1. The lowest BCUT2D eigenvalue weighted by atomic mass is 10.1. The number of benzene rings is 2. The van der Waals surface area contributed by atoms with Crippen LogP contribution in [0.25, 0.3) is 0 Å². The highest BCUT2D eigenvalue weighted by Crippen LogP contribution is 2.16. The van der Waals surface area contributed by atoms with Gasteiger partial charge in [-0.15, -0.1) is 0 Å². The highest BCUT2D eigenvalue weighted by Gasteiger charge is 2.15. The zero-order valence-corrected chi connectivity index (χ0v) is 13.7. The van der Waals surface area contributed by atoms with E-state index in [1.54, 1.807) is 12.1 Å². The number of allylic oxidation sites excluding steroid dienone is 1. The first-order valence-electron chi connectivity index (χ1n) is 7.33. The van der Waals surface area contributed by atoms with Crippen molar-refractivity contribution in [3.63, 3.8) is 0 Å². The number of anilines is 1. The lowest BCUT2D eigenvalue weighted by Crippen LogP contribution is -2.15. The van der Waals surface area contributed by atoms with Crippen LogP contribution >= 0.6 is 0 Å². The minimum Gasteiger partial charge on any atom is -0.464 e. The molecule has 0 bridgehead atoms. The smallest absolute Gasteiger partial charge is 0.354 e. The highest BCUT2D eigenvalue weighted by atomic mass is 16.6. The summed E-state index contributed by atoms with van der Waals surface area (Å²) in [5.74, 6) is -1.27. The quantitative estimate of drug-likeness (QED) is 0.285. The Balaban J connectivity index is 2.31. The normalized spacial score (nSPS) is 10.9. The van der Waals surface area contributed by atoms with E-state index in [-0.39, 0.29) is 16.9 Å². The van der Waals surface area contributed by atoms with Crippen LogP contribution in [0.2, 0.25) is 0 Å². The van der Waals surface area contributed by atoms with Gasteiger partial charge in [0.05, 0.1) is 12.0 Å². The minimum atomic E-state index is -0.723. The molecule has 0 amide bonds. The van der Waals surface area contributed by atoms with E-state index in [1.807, 2.05) is 19.1 Å². The number of nitrogens with one attached hydrogen (secondary N) is 1. The van der Waals surface area contributed by atoms with E-state index in [9.17, 15) is 19.7 Å². The second-order valence-corrected chi connectivity index (χ2v) is 5.21. The third-order valence-corrected chi connectivity index (χ3v) is 3.35. The predicted molar refractivity (Wildman–Crippen MR) is 92.3 cm³/mol. The average molecular weight is 340 g/mol. The van der Waals surface area contributed by atoms with E-state index in [4.69, 9.17) is 0 Å². The molecule has 0 aromatic heterocycles. The number of carbonyl (C=O) groups is 2. The molecular weight excluding hydrogens is 324 g/mol. The molecule has 2 rings (SSSR count). The summed E-state index contributed by atoms with van der Waals surface area (Å²) in [7, 11) is 1.20. The number of nitrogens with zero attached hydrogens (tertiary/aromatic N) is 1. The molecule has 128 valence electrons. The van der Waals surface area contributed by atoms with Crippen LogP contribution in [0.3, 0.4) is 0 Å². The summed E-state index contributed by atoms with van der Waals surface area (Å²) in [6.45, 7) is 1.92. The molecule has 0 aliphatic carbocycles. The Morgan fingerprint density at radius 1 is 1.16 bits per heavy atom. The number of methoxy groups -OCH3 is 1. The summed E-state index contributed by atoms with van der Waals surface area (Å²) in [5.41, 5.74) is 1.48. The van der Waals surface area contributed by atoms with Crippen LogP contribution in [0.4, 0.5) is 11.4 Å². The Labute approximate surface area is 144 Å². The maximum absolute atomic E-state index is 12.3. The van der Waals surface area contributed by atoms with Gasteiger partial charge in [0.25, 0.3) is 5.69 Å². The molecule has 0 unspecified atom stereocenters. The minimum absolute atomic E-state index is 0.0668. The van der Waals surface area contributed by atoms with Gasteiger partial charge in [-0.25, -0.2) is 4.79 Å². The summed E-state index contributed by atoms with van der Waals surface area (Å²) >= 11 is 0. The molecule has 2 aromatic carbocycles. The summed E-state index contributed by atoms with van der Waals surface area (Å²) in [6.07, 6.45) is 1.06. The molecular formula is C18H16N2O5. The molecule has 1 N–H and O–H groups in total. The summed E-state index contributed by atoms with van der Waals surface area (Å²) in [5, 5.41) is 13.6. The molecule has 0 spiro atoms. The van der Waals surface area contributed by atoms with Crippen molar-refractivity contribution in [3.8, 4) is 0 Å². The Morgan fingerprint density at radius 2 is 1.84 bits per heavy atom. The summed E-state index contributed by atoms with van der Waals surface area (Å²) in [6, 6.07) is 12.5. The number of rotatable bonds is 6. The van der Waals surface area contributed by atoms with Gasteiger partial charge in [-0.2, -0.15) is 0 Å². The zero-order valence-electron chi connectivity index (χ0n) is 13.7. The van der Waals surface area contributed by atoms with E-state index >= 15 is 0 Å². The number of nitro groups is 1. The number of ketones is 1. The molecule has 0 radical (unpaired) electrons. The monoisotopic (exact) mass is 340 g/mol. The van der Waals surface area contributed by atoms with Crippen molar-refractivity contribution in [3.05, 3.63) is 81.5 Å². The number of carbonyl (C=O) groups excluding carboxylic acids is 2. The van der Waals surface area contributed by atoms with Crippen LogP contribution in [0.5, 0.6) is 0 Å². The molecule has 0 fully saturated rings. The van der Waals surface area contributed by atoms with Crippen molar-refractivity contribution < 1.29 is 19.2 Å². The maximum atomic E-state index is 12.3. The van der Waals surface area contributed by atoms with E-state index in [2.05, 4.69) is 10.1 Å². The van der Waals surface area contributed by atoms with Gasteiger partial charge in [-0.1, -0.05) is 29.8 Å². The van der Waals surface area contributed by atoms with Gasteiger partial charge in [0.15, 0.2) is 5.78 Å². The van der Waals surface area contributed by atoms with Crippen LogP contribution < -0.4 is 5.32 Å². The number of non-ortho nitro benzene ring substituents is 1. The fraction of sp³-hybridized carbons (Fsp3) is 0.111. The third kappa shape index (κ3) is 4.74. The molecule has 0 saturated heterocycles. The van der Waals surface area contributed by atoms with Gasteiger partial charge in [0.1, 0.15) is 5.70 Å². The first-order valence-corrected chi connectivity index (χ1v) is 7.33. The molecule has 25 heavy (non-hydrogen) atoms. The molecule has 7 nitrogen and oxygen atoms in total. The largest absolute Gasteiger partial charge is 0.464 e. The van der Waals surface area contributed by atoms with Gasteiger partial charge in [-0.05, 0) is 19.1 Å². The van der Waals surface area contributed by atoms with Crippen molar-refractivity contribution in [1.29, 1.82) is 0 Å². The van der Waals surface area contributed by atoms with Crippen molar-refractivity contribution in [1.82, 2.24) is 0 Å². The van der Waals surface area contributed by atoms with E-state index in [0.29, 0.717) is 5.69 Å². The molecule has 0 heterocycles. The maximum Gasteiger partial charge on any atom is 0.354 e. The highest BCUT2D eigenvalue weighted by molar-refractivity contribution is 6.09. The fourth-order valence-electron chi connectivity index (χ4n) is 2.04. The third-order valence-electron chi connectivity index (χ3n) is 3.35. The lowest BCUT2D eigenvalue weighted by molar-refractivity contribution is -0.384. The van der Waals surface area contributed by atoms with Crippen LogP contribution in [0, 0.1) is 17.0 Å². The first-order chi connectivity index (χ1) is 11.9. The fourth-order valence-corrected chi connectivity index (χ4v) is 2.04. The predicted octanol–water partition coefficient (Wildman–Crippen LogP) is 3.25. The number of hydrogen-bond donors (Lipinski definition) is 1. The molecule has 7 heteroatoms. The lowest BCUT2D eigenvalue weighted by Gasteiger charge is -2.09. The molecule has 2 aromatic rings. The summed E-state index contributed by atoms with van der Waals surface area (Å²) in [4.78, 5) is 34.5. The van der Waals surface area contributed by atoms with Crippen LogP contribution in [-0.4, -0.2) is 23.8 Å². The van der Waals surface area contributed by atoms with Gasteiger partial charge >= 0.3 is 5.97 Å².